The van der Waals surface area contributed by atoms with Crippen molar-refractivity contribution in [2.45, 2.75) is 84.0 Å². The number of unbranched alkanes of at least 4 members (excludes halogenated alkanes) is 6. The van der Waals surface area contributed by atoms with Gasteiger partial charge in [0, 0.05) is 13.1 Å². The molecule has 0 bridgehead atoms. The number of hydrogen-bond donors (Lipinski definition) is 0. The molecule has 1 aromatic heterocycles. The second kappa shape index (κ2) is 11.1. The third kappa shape index (κ3) is 7.80. The minimum atomic E-state index is -1.65. The van der Waals surface area contributed by atoms with Gasteiger partial charge in [-0.05, 0) is 26.1 Å². The highest BCUT2D eigenvalue weighted by Gasteiger charge is 2.26. The maximum absolute atomic E-state index is 6.41. The highest BCUT2D eigenvalue weighted by atomic mass is 28.4. The fourth-order valence-electron chi connectivity index (χ4n) is 3.30. The first-order valence-electron chi connectivity index (χ1n) is 10.5. The van der Waals surface area contributed by atoms with Crippen LogP contribution in [-0.2, 0) is 9.16 Å². The van der Waals surface area contributed by atoms with Gasteiger partial charge in [0.2, 0.25) is 11.8 Å². The van der Waals surface area contributed by atoms with Gasteiger partial charge < -0.3 is 18.5 Å². The molecular weight excluding hydrogens is 344 g/mol. The van der Waals surface area contributed by atoms with Crippen molar-refractivity contribution in [3.05, 3.63) is 12.1 Å². The molecule has 1 aromatic rings. The molecule has 0 aliphatic carbocycles. The van der Waals surface area contributed by atoms with Crippen molar-refractivity contribution in [3.8, 4) is 0 Å². The summed E-state index contributed by atoms with van der Waals surface area (Å²) in [6.07, 6.45) is 12.0. The van der Waals surface area contributed by atoms with Crippen LogP contribution in [0.5, 0.6) is 0 Å². The molecule has 1 aliphatic heterocycles. The Balaban J connectivity index is 1.86. The average Bonchev–Trinajstić information content (AvgIpc) is 3.10. The summed E-state index contributed by atoms with van der Waals surface area (Å²) in [5.74, 6) is 1.60. The number of rotatable bonds is 12. The van der Waals surface area contributed by atoms with Crippen LogP contribution in [0.15, 0.2) is 10.6 Å². The lowest BCUT2D eigenvalue weighted by Gasteiger charge is -2.26. The number of anilines is 1. The van der Waals surface area contributed by atoms with Crippen molar-refractivity contribution in [1.82, 2.24) is 4.98 Å². The molecule has 1 atom stereocenters. The quantitative estimate of drug-likeness (QED) is 0.350. The largest absolute Gasteiger partial charge is 0.422 e. The van der Waals surface area contributed by atoms with E-state index in [0.29, 0.717) is 0 Å². The molecule has 0 N–H and O–H groups in total. The Morgan fingerprint density at radius 2 is 1.73 bits per heavy atom. The zero-order valence-corrected chi connectivity index (χ0v) is 18.3. The van der Waals surface area contributed by atoms with Crippen LogP contribution in [0.1, 0.15) is 70.3 Å². The summed E-state index contributed by atoms with van der Waals surface area (Å²) in [4.78, 5) is 6.77. The van der Waals surface area contributed by atoms with E-state index in [1.807, 2.05) is 6.20 Å². The van der Waals surface area contributed by atoms with Crippen LogP contribution in [0.2, 0.25) is 19.6 Å². The topological polar surface area (TPSA) is 47.7 Å². The van der Waals surface area contributed by atoms with Crippen molar-refractivity contribution in [2.75, 3.05) is 31.2 Å². The van der Waals surface area contributed by atoms with Crippen molar-refractivity contribution < 1.29 is 13.6 Å². The molecule has 0 aromatic carbocycles. The second-order valence-corrected chi connectivity index (χ2v) is 12.7. The number of ether oxygens (including phenoxy) is 1. The predicted molar refractivity (Wildman–Crippen MR) is 109 cm³/mol. The number of hydrogen-bond acceptors (Lipinski definition) is 5. The maximum Gasteiger partial charge on any atom is 0.224 e. The van der Waals surface area contributed by atoms with Gasteiger partial charge in [0.1, 0.15) is 6.10 Å². The second-order valence-electron chi connectivity index (χ2n) is 8.27. The lowest BCUT2D eigenvalue weighted by atomic mass is 10.1. The Hall–Kier alpha value is -0.853. The number of oxazole rings is 1. The van der Waals surface area contributed by atoms with Gasteiger partial charge in [-0.2, -0.15) is 0 Å². The first-order valence-corrected chi connectivity index (χ1v) is 13.9. The molecule has 0 spiro atoms. The summed E-state index contributed by atoms with van der Waals surface area (Å²) in [6.45, 7) is 12.2. The Bertz CT molecular complexity index is 495. The van der Waals surface area contributed by atoms with E-state index in [1.165, 1.54) is 44.9 Å². The van der Waals surface area contributed by atoms with Crippen molar-refractivity contribution >= 4 is 14.2 Å². The molecule has 0 saturated carbocycles. The van der Waals surface area contributed by atoms with Gasteiger partial charge in [-0.25, -0.2) is 4.98 Å². The Morgan fingerprint density at radius 1 is 1.08 bits per heavy atom. The molecule has 26 heavy (non-hydrogen) atoms. The van der Waals surface area contributed by atoms with Crippen LogP contribution in [-0.4, -0.2) is 39.6 Å². The Kier molecular flexibility index (Phi) is 9.15. The zero-order valence-electron chi connectivity index (χ0n) is 17.3. The first-order chi connectivity index (χ1) is 12.5. The van der Waals surface area contributed by atoms with E-state index in [1.54, 1.807) is 0 Å². The summed E-state index contributed by atoms with van der Waals surface area (Å²) in [7, 11) is -1.65. The standard InChI is InChI=1S/C20H38N2O3Si/c1-5-6-7-8-9-10-11-12-18(25-26(2,3)4)20-21-17-19(24-20)22-13-15-23-16-14-22/h17-18H,5-16H2,1-4H3. The van der Waals surface area contributed by atoms with Crippen LogP contribution in [0.4, 0.5) is 5.88 Å². The molecule has 1 fully saturated rings. The van der Waals surface area contributed by atoms with Gasteiger partial charge in [0.05, 0.1) is 19.4 Å². The lowest BCUT2D eigenvalue weighted by Crippen LogP contribution is -2.35. The minimum absolute atomic E-state index is 0.00732. The van der Waals surface area contributed by atoms with Gasteiger partial charge in [-0.3, -0.25) is 0 Å². The van der Waals surface area contributed by atoms with Crippen LogP contribution in [0.25, 0.3) is 0 Å². The molecule has 150 valence electrons. The van der Waals surface area contributed by atoms with Crippen molar-refractivity contribution in [1.29, 1.82) is 0 Å². The van der Waals surface area contributed by atoms with E-state index < -0.39 is 8.32 Å². The normalized spacial score (nSPS) is 16.8. The Morgan fingerprint density at radius 3 is 2.38 bits per heavy atom. The van der Waals surface area contributed by atoms with Gasteiger partial charge >= 0.3 is 0 Å². The molecule has 6 heteroatoms. The SMILES string of the molecule is CCCCCCCCCC(O[Si](C)(C)C)c1ncc(N2CCOCC2)o1. The van der Waals surface area contributed by atoms with Crippen LogP contribution < -0.4 is 4.90 Å². The fraction of sp³-hybridized carbons (Fsp3) is 0.850. The van der Waals surface area contributed by atoms with E-state index >= 15 is 0 Å². The highest BCUT2D eigenvalue weighted by molar-refractivity contribution is 6.69. The van der Waals surface area contributed by atoms with Crippen molar-refractivity contribution in [2.24, 2.45) is 0 Å². The first kappa shape index (κ1) is 21.4. The number of aromatic nitrogens is 1. The van der Waals surface area contributed by atoms with Gasteiger partial charge in [-0.15, -0.1) is 0 Å². The molecular formula is C20H38N2O3Si. The Labute approximate surface area is 160 Å². The molecule has 0 radical (unpaired) electrons. The van der Waals surface area contributed by atoms with Crippen LogP contribution >= 0.6 is 0 Å². The van der Waals surface area contributed by atoms with E-state index in [9.17, 15) is 0 Å². The molecule has 0 amide bonds. The molecule has 1 aliphatic rings. The van der Waals surface area contributed by atoms with E-state index in [0.717, 1.165) is 44.5 Å². The average molecular weight is 383 g/mol. The third-order valence-electron chi connectivity index (χ3n) is 4.68. The maximum atomic E-state index is 6.41. The lowest BCUT2D eigenvalue weighted by molar-refractivity contribution is 0.119. The molecule has 1 unspecified atom stereocenters. The van der Waals surface area contributed by atoms with Gasteiger partial charge in [0.15, 0.2) is 8.32 Å². The molecule has 2 rings (SSSR count). The van der Waals surface area contributed by atoms with Gasteiger partial charge in [0.25, 0.3) is 0 Å². The predicted octanol–water partition coefficient (Wildman–Crippen LogP) is 5.54. The van der Waals surface area contributed by atoms with Crippen molar-refractivity contribution in [3.63, 3.8) is 0 Å². The monoisotopic (exact) mass is 382 g/mol. The fourth-order valence-corrected chi connectivity index (χ4v) is 4.38. The van der Waals surface area contributed by atoms with E-state index in [-0.39, 0.29) is 6.10 Å². The van der Waals surface area contributed by atoms with Gasteiger partial charge in [-0.1, -0.05) is 51.9 Å². The summed E-state index contributed by atoms with van der Waals surface area (Å²) in [6, 6.07) is 0. The number of nitrogens with zero attached hydrogens (tertiary/aromatic N) is 2. The minimum Gasteiger partial charge on any atom is -0.422 e. The third-order valence-corrected chi connectivity index (χ3v) is 5.67. The van der Waals surface area contributed by atoms with Crippen LogP contribution in [0.3, 0.4) is 0 Å². The molecule has 1 saturated heterocycles. The molecule has 5 nitrogen and oxygen atoms in total. The summed E-state index contributed by atoms with van der Waals surface area (Å²) in [5.41, 5.74) is 0. The molecule has 2 heterocycles. The van der Waals surface area contributed by atoms with E-state index in [4.69, 9.17) is 13.6 Å². The smallest absolute Gasteiger partial charge is 0.224 e. The zero-order chi connectivity index (χ0) is 18.8. The highest BCUT2D eigenvalue weighted by Crippen LogP contribution is 2.30. The van der Waals surface area contributed by atoms with E-state index in [2.05, 4.69) is 36.4 Å². The summed E-state index contributed by atoms with van der Waals surface area (Å²) in [5, 5.41) is 0. The summed E-state index contributed by atoms with van der Waals surface area (Å²) < 4.78 is 17.9. The number of morpholine rings is 1. The summed E-state index contributed by atoms with van der Waals surface area (Å²) >= 11 is 0. The van der Waals surface area contributed by atoms with Crippen LogP contribution in [0, 0.1) is 0 Å².